The van der Waals surface area contributed by atoms with E-state index in [-0.39, 0.29) is 0 Å². The Labute approximate surface area is 101 Å². The minimum atomic E-state index is 0.689. The number of halogens is 1. The molecule has 2 aromatic rings. The molecular formula is C15H11Cl. The number of hydrogen-bond acceptors (Lipinski definition) is 0. The van der Waals surface area contributed by atoms with Gasteiger partial charge in [0.2, 0.25) is 0 Å². The molecule has 0 saturated heterocycles. The summed E-state index contributed by atoms with van der Waals surface area (Å²) in [4.78, 5) is 0. The normalized spacial score (nSPS) is 9.31. The van der Waals surface area contributed by atoms with Gasteiger partial charge in [-0.25, -0.2) is 0 Å². The van der Waals surface area contributed by atoms with Crippen molar-refractivity contribution in [3.63, 3.8) is 0 Å². The average molecular weight is 227 g/mol. The van der Waals surface area contributed by atoms with Gasteiger partial charge in [-0.05, 0) is 23.8 Å². The molecule has 2 rings (SSSR count). The fourth-order valence-electron chi connectivity index (χ4n) is 1.40. The van der Waals surface area contributed by atoms with Gasteiger partial charge in [-0.1, -0.05) is 59.8 Å². The van der Waals surface area contributed by atoms with Gasteiger partial charge < -0.3 is 0 Å². The Morgan fingerprint density at radius 1 is 0.875 bits per heavy atom. The zero-order chi connectivity index (χ0) is 11.2. The smallest absolute Gasteiger partial charge is 0.0447 e. The first-order chi connectivity index (χ1) is 7.86. The summed E-state index contributed by atoms with van der Waals surface area (Å²) >= 11 is 6.04. The van der Waals surface area contributed by atoms with Crippen LogP contribution in [-0.2, 0) is 6.42 Å². The highest BCUT2D eigenvalue weighted by Gasteiger charge is 1.94. The molecule has 0 aromatic heterocycles. The van der Waals surface area contributed by atoms with Crippen molar-refractivity contribution in [1.29, 1.82) is 0 Å². The molecule has 1 heteroatoms. The number of rotatable bonds is 1. The average Bonchev–Trinajstić information content (AvgIpc) is 2.33. The van der Waals surface area contributed by atoms with Crippen LogP contribution in [0.4, 0.5) is 0 Å². The molecule has 0 atom stereocenters. The van der Waals surface area contributed by atoms with Crippen molar-refractivity contribution in [2.75, 3.05) is 0 Å². The molecule has 0 saturated carbocycles. The van der Waals surface area contributed by atoms with Gasteiger partial charge in [0.25, 0.3) is 0 Å². The van der Waals surface area contributed by atoms with Gasteiger partial charge in [0.1, 0.15) is 0 Å². The summed E-state index contributed by atoms with van der Waals surface area (Å²) in [5.41, 5.74) is 2.11. The van der Waals surface area contributed by atoms with Crippen LogP contribution in [0.3, 0.4) is 0 Å². The summed E-state index contributed by atoms with van der Waals surface area (Å²) in [5.74, 6) is 6.24. The zero-order valence-electron chi connectivity index (χ0n) is 8.78. The van der Waals surface area contributed by atoms with Crippen LogP contribution in [0.25, 0.3) is 0 Å². The lowest BCUT2D eigenvalue weighted by Gasteiger charge is -1.96. The Morgan fingerprint density at radius 3 is 2.31 bits per heavy atom. The summed E-state index contributed by atoms with van der Waals surface area (Å²) in [6.07, 6.45) is 0.689. The third-order valence-corrected chi connectivity index (χ3v) is 2.61. The van der Waals surface area contributed by atoms with Gasteiger partial charge >= 0.3 is 0 Å². The molecular weight excluding hydrogens is 216 g/mol. The molecule has 2 aromatic carbocycles. The maximum absolute atomic E-state index is 6.04. The van der Waals surface area contributed by atoms with E-state index in [1.165, 1.54) is 0 Å². The van der Waals surface area contributed by atoms with E-state index in [2.05, 4.69) is 11.8 Å². The summed E-state index contributed by atoms with van der Waals surface area (Å²) in [7, 11) is 0. The lowest BCUT2D eigenvalue weighted by molar-refractivity contribution is 1.32. The topological polar surface area (TPSA) is 0 Å². The minimum Gasteiger partial charge on any atom is -0.0930 e. The number of hydrogen-bond donors (Lipinski definition) is 0. The summed E-state index contributed by atoms with van der Waals surface area (Å²) in [6.45, 7) is 0. The van der Waals surface area contributed by atoms with Crippen LogP contribution < -0.4 is 0 Å². The van der Waals surface area contributed by atoms with Crippen molar-refractivity contribution in [2.45, 2.75) is 6.42 Å². The lowest BCUT2D eigenvalue weighted by atomic mass is 10.1. The third-order valence-electron chi connectivity index (χ3n) is 2.24. The molecule has 0 aliphatic heterocycles. The van der Waals surface area contributed by atoms with Gasteiger partial charge in [0, 0.05) is 17.0 Å². The molecule has 0 nitrogen and oxygen atoms in total. The van der Waals surface area contributed by atoms with E-state index in [4.69, 9.17) is 11.6 Å². The van der Waals surface area contributed by atoms with Crippen LogP contribution in [0, 0.1) is 11.8 Å². The fraction of sp³-hybridized carbons (Fsp3) is 0.0667. The van der Waals surface area contributed by atoms with Gasteiger partial charge in [0.15, 0.2) is 0 Å². The van der Waals surface area contributed by atoms with Crippen LogP contribution in [0.5, 0.6) is 0 Å². The molecule has 0 unspecified atom stereocenters. The van der Waals surface area contributed by atoms with E-state index >= 15 is 0 Å². The molecule has 0 heterocycles. The highest BCUT2D eigenvalue weighted by molar-refractivity contribution is 6.31. The van der Waals surface area contributed by atoms with Gasteiger partial charge in [-0.15, -0.1) is 0 Å². The SMILES string of the molecule is Clc1ccccc1CC#Cc1ccccc1. The second kappa shape index (κ2) is 5.39. The summed E-state index contributed by atoms with van der Waals surface area (Å²) in [6, 6.07) is 17.8. The molecule has 0 aliphatic carbocycles. The monoisotopic (exact) mass is 226 g/mol. The van der Waals surface area contributed by atoms with Crippen molar-refractivity contribution in [2.24, 2.45) is 0 Å². The Hall–Kier alpha value is -1.71. The Bertz CT molecular complexity index is 518. The van der Waals surface area contributed by atoms with Crippen LogP contribution in [-0.4, -0.2) is 0 Å². The van der Waals surface area contributed by atoms with Crippen LogP contribution in [0.15, 0.2) is 54.6 Å². The predicted molar refractivity (Wildman–Crippen MR) is 68.5 cm³/mol. The minimum absolute atomic E-state index is 0.689. The Balaban J connectivity index is 2.09. The van der Waals surface area contributed by atoms with Crippen molar-refractivity contribution in [1.82, 2.24) is 0 Å². The molecule has 0 spiro atoms. The van der Waals surface area contributed by atoms with Crippen molar-refractivity contribution in [3.05, 3.63) is 70.7 Å². The Morgan fingerprint density at radius 2 is 1.56 bits per heavy atom. The molecule has 0 bridgehead atoms. The molecule has 78 valence electrons. The van der Waals surface area contributed by atoms with E-state index in [0.717, 1.165) is 16.1 Å². The lowest BCUT2D eigenvalue weighted by Crippen LogP contribution is -1.82. The molecule has 0 radical (unpaired) electrons. The maximum atomic E-state index is 6.04. The standard InChI is InChI=1S/C15H11Cl/c16-15-12-5-4-10-14(15)11-6-9-13-7-2-1-3-8-13/h1-5,7-8,10,12H,11H2. The first kappa shape index (κ1) is 10.8. The van der Waals surface area contributed by atoms with Crippen molar-refractivity contribution in [3.8, 4) is 11.8 Å². The Kier molecular flexibility index (Phi) is 3.64. The first-order valence-electron chi connectivity index (χ1n) is 5.13. The largest absolute Gasteiger partial charge is 0.0930 e. The molecule has 0 fully saturated rings. The quantitative estimate of drug-likeness (QED) is 0.647. The van der Waals surface area contributed by atoms with Gasteiger partial charge in [-0.3, -0.25) is 0 Å². The molecule has 0 N–H and O–H groups in total. The van der Waals surface area contributed by atoms with Gasteiger partial charge in [0.05, 0.1) is 0 Å². The second-order valence-electron chi connectivity index (χ2n) is 3.44. The van der Waals surface area contributed by atoms with E-state index < -0.39 is 0 Å². The molecule has 0 aliphatic rings. The number of benzene rings is 2. The van der Waals surface area contributed by atoms with Crippen molar-refractivity contribution < 1.29 is 0 Å². The summed E-state index contributed by atoms with van der Waals surface area (Å²) in [5, 5.41) is 0.782. The van der Waals surface area contributed by atoms with Crippen LogP contribution in [0.1, 0.15) is 11.1 Å². The fourth-order valence-corrected chi connectivity index (χ4v) is 1.61. The first-order valence-corrected chi connectivity index (χ1v) is 5.51. The third kappa shape index (κ3) is 2.89. The van der Waals surface area contributed by atoms with E-state index in [1.54, 1.807) is 0 Å². The molecule has 0 amide bonds. The van der Waals surface area contributed by atoms with Crippen LogP contribution >= 0.6 is 11.6 Å². The summed E-state index contributed by atoms with van der Waals surface area (Å²) < 4.78 is 0. The second-order valence-corrected chi connectivity index (χ2v) is 3.84. The van der Waals surface area contributed by atoms with Gasteiger partial charge in [-0.2, -0.15) is 0 Å². The predicted octanol–water partition coefficient (Wildman–Crippen LogP) is 3.93. The van der Waals surface area contributed by atoms with E-state index in [1.807, 2.05) is 54.6 Å². The van der Waals surface area contributed by atoms with Crippen molar-refractivity contribution >= 4 is 11.6 Å². The highest BCUT2D eigenvalue weighted by Crippen LogP contribution is 2.14. The van der Waals surface area contributed by atoms with E-state index in [0.29, 0.717) is 6.42 Å². The van der Waals surface area contributed by atoms with E-state index in [9.17, 15) is 0 Å². The zero-order valence-corrected chi connectivity index (χ0v) is 9.54. The molecule has 16 heavy (non-hydrogen) atoms. The highest BCUT2D eigenvalue weighted by atomic mass is 35.5. The van der Waals surface area contributed by atoms with Crippen LogP contribution in [0.2, 0.25) is 5.02 Å². The maximum Gasteiger partial charge on any atom is 0.0447 e.